The Labute approximate surface area is 181 Å². The molecule has 0 unspecified atom stereocenters. The summed E-state index contributed by atoms with van der Waals surface area (Å²) in [5, 5.41) is 0. The second-order valence-corrected chi connectivity index (χ2v) is 6.92. The van der Waals surface area contributed by atoms with E-state index < -0.39 is 0 Å². The Morgan fingerprint density at radius 1 is 1.06 bits per heavy atom. The van der Waals surface area contributed by atoms with E-state index in [1.54, 1.807) is 43.5 Å². The van der Waals surface area contributed by atoms with Gasteiger partial charge >= 0.3 is 5.97 Å². The van der Waals surface area contributed by atoms with Crippen molar-refractivity contribution in [1.82, 2.24) is 4.98 Å². The van der Waals surface area contributed by atoms with Crippen molar-refractivity contribution in [2.45, 2.75) is 27.4 Å². The number of nitrogens with zero attached hydrogens (tertiary/aromatic N) is 1. The third-order valence-electron chi connectivity index (χ3n) is 4.42. The van der Waals surface area contributed by atoms with Crippen LogP contribution in [-0.4, -0.2) is 17.6 Å². The standard InChI is InChI=1S/C25H24FNO4/c1-4-29-24(28)12-7-20-13-17(2)25(18(3)14-20)31-23-11-10-22(15-27-23)30-16-19-5-8-21(26)9-6-19/h5-15H,4,16H2,1-3H3. The first-order chi connectivity index (χ1) is 14.9. The molecule has 5 nitrogen and oxygen atoms in total. The van der Waals surface area contributed by atoms with Crippen LogP contribution >= 0.6 is 0 Å². The quantitative estimate of drug-likeness (QED) is 0.341. The molecule has 1 heterocycles. The van der Waals surface area contributed by atoms with E-state index in [-0.39, 0.29) is 11.8 Å². The zero-order valence-corrected chi connectivity index (χ0v) is 17.7. The van der Waals surface area contributed by atoms with Crippen LogP contribution in [0.5, 0.6) is 17.4 Å². The summed E-state index contributed by atoms with van der Waals surface area (Å²) in [7, 11) is 0. The Kier molecular flexibility index (Phi) is 7.38. The van der Waals surface area contributed by atoms with Crippen molar-refractivity contribution >= 4 is 12.0 Å². The highest BCUT2D eigenvalue weighted by molar-refractivity contribution is 5.87. The fourth-order valence-electron chi connectivity index (χ4n) is 2.96. The van der Waals surface area contributed by atoms with Gasteiger partial charge in [0.15, 0.2) is 0 Å². The molecule has 2 aromatic carbocycles. The molecule has 0 amide bonds. The molecule has 0 fully saturated rings. The summed E-state index contributed by atoms with van der Waals surface area (Å²) in [5.41, 5.74) is 3.59. The maximum Gasteiger partial charge on any atom is 0.330 e. The molecule has 0 aliphatic carbocycles. The van der Waals surface area contributed by atoms with Crippen molar-refractivity contribution in [1.29, 1.82) is 0 Å². The molecule has 0 aliphatic heterocycles. The van der Waals surface area contributed by atoms with E-state index in [1.165, 1.54) is 18.2 Å². The summed E-state index contributed by atoms with van der Waals surface area (Å²) in [4.78, 5) is 15.8. The Bertz CT molecular complexity index is 1040. The number of aromatic nitrogens is 1. The first-order valence-corrected chi connectivity index (χ1v) is 9.92. The molecule has 3 aromatic rings. The van der Waals surface area contributed by atoms with Crippen molar-refractivity contribution in [3.8, 4) is 17.4 Å². The molecule has 1 aromatic heterocycles. The number of pyridine rings is 1. The average molecular weight is 421 g/mol. The summed E-state index contributed by atoms with van der Waals surface area (Å²) in [6.45, 7) is 6.30. The highest BCUT2D eigenvalue weighted by Crippen LogP contribution is 2.30. The minimum atomic E-state index is -0.371. The lowest BCUT2D eigenvalue weighted by atomic mass is 10.1. The van der Waals surface area contributed by atoms with Gasteiger partial charge in [-0.3, -0.25) is 0 Å². The molecule has 3 rings (SSSR count). The van der Waals surface area contributed by atoms with Crippen LogP contribution in [0.2, 0.25) is 0 Å². The summed E-state index contributed by atoms with van der Waals surface area (Å²) < 4.78 is 29.5. The van der Waals surface area contributed by atoms with Gasteiger partial charge in [-0.1, -0.05) is 12.1 Å². The van der Waals surface area contributed by atoms with Crippen molar-refractivity contribution < 1.29 is 23.4 Å². The zero-order valence-electron chi connectivity index (χ0n) is 17.7. The summed E-state index contributed by atoms with van der Waals surface area (Å²) >= 11 is 0. The van der Waals surface area contributed by atoms with E-state index in [0.717, 1.165) is 22.3 Å². The third kappa shape index (κ3) is 6.40. The molecule has 0 N–H and O–H groups in total. The van der Waals surface area contributed by atoms with Crippen LogP contribution in [-0.2, 0) is 16.1 Å². The van der Waals surface area contributed by atoms with Gasteiger partial charge in [-0.25, -0.2) is 14.2 Å². The highest BCUT2D eigenvalue weighted by atomic mass is 19.1. The number of carbonyl (C=O) groups excluding carboxylic acids is 1. The Hall–Kier alpha value is -3.67. The molecule has 0 atom stereocenters. The Balaban J connectivity index is 1.63. The van der Waals surface area contributed by atoms with E-state index >= 15 is 0 Å². The van der Waals surface area contributed by atoms with Crippen molar-refractivity contribution in [2.75, 3.05) is 6.61 Å². The van der Waals surface area contributed by atoms with Crippen LogP contribution in [0, 0.1) is 19.7 Å². The molecule has 6 heteroatoms. The van der Waals surface area contributed by atoms with Crippen LogP contribution in [0.4, 0.5) is 4.39 Å². The number of rotatable bonds is 8. The molecule has 0 bridgehead atoms. The molecule has 0 radical (unpaired) electrons. The second-order valence-electron chi connectivity index (χ2n) is 6.92. The molecule has 0 spiro atoms. The van der Waals surface area contributed by atoms with Crippen LogP contribution in [0.25, 0.3) is 6.08 Å². The van der Waals surface area contributed by atoms with Crippen molar-refractivity contribution in [2.24, 2.45) is 0 Å². The molecule has 0 saturated carbocycles. The fourth-order valence-corrected chi connectivity index (χ4v) is 2.96. The number of hydrogen-bond donors (Lipinski definition) is 0. The number of benzene rings is 2. The lowest BCUT2D eigenvalue weighted by Crippen LogP contribution is -1.99. The molecule has 0 aliphatic rings. The van der Waals surface area contributed by atoms with Crippen LogP contribution < -0.4 is 9.47 Å². The first kappa shape index (κ1) is 22.0. The molecule has 160 valence electrons. The minimum absolute atomic E-state index is 0.277. The molecule has 31 heavy (non-hydrogen) atoms. The lowest BCUT2D eigenvalue weighted by molar-refractivity contribution is -0.137. The van der Waals surface area contributed by atoms with Crippen LogP contribution in [0.1, 0.15) is 29.2 Å². The van der Waals surface area contributed by atoms with E-state index in [4.69, 9.17) is 14.2 Å². The monoisotopic (exact) mass is 421 g/mol. The summed E-state index contributed by atoms with van der Waals surface area (Å²) in [6, 6.07) is 13.5. The predicted octanol–water partition coefficient (Wildman–Crippen LogP) is 5.79. The van der Waals surface area contributed by atoms with Crippen LogP contribution in [0.15, 0.2) is 60.8 Å². The topological polar surface area (TPSA) is 57.7 Å². The van der Waals surface area contributed by atoms with Gasteiger partial charge in [0.1, 0.15) is 23.9 Å². The van der Waals surface area contributed by atoms with Crippen LogP contribution in [0.3, 0.4) is 0 Å². The highest BCUT2D eigenvalue weighted by Gasteiger charge is 2.09. The molecular weight excluding hydrogens is 397 g/mol. The van der Waals surface area contributed by atoms with Crippen molar-refractivity contribution in [3.05, 3.63) is 88.9 Å². The number of aryl methyl sites for hydroxylation is 2. The van der Waals surface area contributed by atoms with Gasteiger partial charge in [0, 0.05) is 12.1 Å². The average Bonchev–Trinajstić information content (AvgIpc) is 2.75. The minimum Gasteiger partial charge on any atom is -0.487 e. The number of hydrogen-bond acceptors (Lipinski definition) is 5. The summed E-state index contributed by atoms with van der Waals surface area (Å²) in [5.74, 6) is 1.09. The fraction of sp³-hybridized carbons (Fsp3) is 0.200. The molecule has 0 saturated heterocycles. The van der Waals surface area contributed by atoms with Gasteiger partial charge in [0.05, 0.1) is 12.8 Å². The SMILES string of the molecule is CCOC(=O)C=Cc1cc(C)c(Oc2ccc(OCc3ccc(F)cc3)cn2)c(C)c1. The third-order valence-corrected chi connectivity index (χ3v) is 4.42. The predicted molar refractivity (Wildman–Crippen MR) is 117 cm³/mol. The van der Waals surface area contributed by atoms with E-state index in [1.807, 2.05) is 26.0 Å². The maximum atomic E-state index is 13.0. The number of halogens is 1. The van der Waals surface area contributed by atoms with E-state index in [0.29, 0.717) is 30.6 Å². The summed E-state index contributed by atoms with van der Waals surface area (Å²) in [6.07, 6.45) is 4.71. The number of ether oxygens (including phenoxy) is 3. The second kappa shape index (κ2) is 10.4. The number of carbonyl (C=O) groups is 1. The van der Waals surface area contributed by atoms with Gasteiger partial charge in [0.2, 0.25) is 5.88 Å². The van der Waals surface area contributed by atoms with Gasteiger partial charge < -0.3 is 14.2 Å². The van der Waals surface area contributed by atoms with E-state index in [9.17, 15) is 9.18 Å². The molecular formula is C25H24FNO4. The van der Waals surface area contributed by atoms with Gasteiger partial charge in [-0.15, -0.1) is 0 Å². The Morgan fingerprint density at radius 3 is 2.39 bits per heavy atom. The van der Waals surface area contributed by atoms with Crippen molar-refractivity contribution in [3.63, 3.8) is 0 Å². The van der Waals surface area contributed by atoms with Gasteiger partial charge in [0.25, 0.3) is 0 Å². The lowest BCUT2D eigenvalue weighted by Gasteiger charge is -2.13. The zero-order chi connectivity index (χ0) is 22.2. The van der Waals surface area contributed by atoms with Gasteiger partial charge in [-0.05, 0) is 79.4 Å². The first-order valence-electron chi connectivity index (χ1n) is 9.92. The van der Waals surface area contributed by atoms with E-state index in [2.05, 4.69) is 4.98 Å². The van der Waals surface area contributed by atoms with Gasteiger partial charge in [-0.2, -0.15) is 0 Å². The smallest absolute Gasteiger partial charge is 0.330 e. The normalized spacial score (nSPS) is 10.8. The Morgan fingerprint density at radius 2 is 1.77 bits per heavy atom. The number of esters is 1. The largest absolute Gasteiger partial charge is 0.487 e. The maximum absolute atomic E-state index is 13.0.